The van der Waals surface area contributed by atoms with Crippen molar-refractivity contribution in [2.75, 3.05) is 12.3 Å². The molecule has 1 heterocycles. The number of carboxylic acid groups (broad SMARTS) is 1. The Hall–Kier alpha value is -2.64. The number of aliphatic hydroxyl groups is 1. The number of carbonyl (C=O) groups is 2. The van der Waals surface area contributed by atoms with E-state index >= 15 is 0 Å². The summed E-state index contributed by atoms with van der Waals surface area (Å²) in [6.45, 7) is 0.545. The fraction of sp³-hybridized carbons (Fsp3) is 0.304. The van der Waals surface area contributed by atoms with Crippen LogP contribution >= 0.6 is 11.8 Å². The standard InChI is InChI=1S/C23H24FNO4S/c24-18-6-4-16(5-7-18)14-20(26)10-8-19-9-11-22(27)25(19)12-13-30-21-3-1-2-17(15-21)23(28)29/h1-8,10,15,19-20,26H,9,11-14H2,(H,28,29)/b10-8+/t19-,20+/m0/s1. The Morgan fingerprint density at radius 2 is 2.03 bits per heavy atom. The number of rotatable bonds is 9. The van der Waals surface area contributed by atoms with Crippen LogP contribution in [-0.2, 0) is 11.2 Å². The van der Waals surface area contributed by atoms with Crippen molar-refractivity contribution in [1.29, 1.82) is 0 Å². The number of thioether (sulfide) groups is 1. The maximum absolute atomic E-state index is 13.0. The van der Waals surface area contributed by atoms with E-state index in [1.54, 1.807) is 41.3 Å². The molecule has 2 atom stereocenters. The van der Waals surface area contributed by atoms with Crippen molar-refractivity contribution in [3.05, 3.63) is 77.6 Å². The molecule has 2 aromatic rings. The monoisotopic (exact) mass is 429 g/mol. The first kappa shape index (κ1) is 22.1. The Morgan fingerprint density at radius 3 is 2.77 bits per heavy atom. The second kappa shape index (κ2) is 10.4. The first-order chi connectivity index (χ1) is 14.4. The first-order valence-corrected chi connectivity index (χ1v) is 10.8. The highest BCUT2D eigenvalue weighted by Crippen LogP contribution is 2.24. The van der Waals surface area contributed by atoms with E-state index in [9.17, 15) is 19.1 Å². The Balaban J connectivity index is 1.52. The molecule has 158 valence electrons. The summed E-state index contributed by atoms with van der Waals surface area (Å²) < 4.78 is 13.0. The molecule has 7 heteroatoms. The quantitative estimate of drug-likeness (QED) is 0.469. The number of aromatic carboxylic acids is 1. The van der Waals surface area contributed by atoms with Crippen LogP contribution in [0.3, 0.4) is 0 Å². The third-order valence-corrected chi connectivity index (χ3v) is 5.94. The summed E-state index contributed by atoms with van der Waals surface area (Å²) in [5, 5.41) is 19.3. The summed E-state index contributed by atoms with van der Waals surface area (Å²) in [5.74, 6) is -0.539. The van der Waals surface area contributed by atoms with E-state index < -0.39 is 12.1 Å². The van der Waals surface area contributed by atoms with Crippen molar-refractivity contribution < 1.29 is 24.2 Å². The van der Waals surface area contributed by atoms with Crippen molar-refractivity contribution in [3.63, 3.8) is 0 Å². The largest absolute Gasteiger partial charge is 0.478 e. The van der Waals surface area contributed by atoms with Gasteiger partial charge in [-0.15, -0.1) is 11.8 Å². The Bertz CT molecular complexity index is 916. The molecule has 5 nitrogen and oxygen atoms in total. The third-order valence-electron chi connectivity index (χ3n) is 4.97. The molecule has 30 heavy (non-hydrogen) atoms. The minimum atomic E-state index is -0.962. The maximum Gasteiger partial charge on any atom is 0.335 e. The predicted octanol–water partition coefficient (Wildman–Crippen LogP) is 3.77. The molecular weight excluding hydrogens is 405 g/mol. The molecule has 0 spiro atoms. The van der Waals surface area contributed by atoms with E-state index in [-0.39, 0.29) is 23.3 Å². The summed E-state index contributed by atoms with van der Waals surface area (Å²) >= 11 is 1.51. The van der Waals surface area contributed by atoms with Gasteiger partial charge in [-0.25, -0.2) is 9.18 Å². The van der Waals surface area contributed by atoms with Gasteiger partial charge in [-0.2, -0.15) is 0 Å². The number of hydrogen-bond donors (Lipinski definition) is 2. The van der Waals surface area contributed by atoms with Gasteiger partial charge >= 0.3 is 5.97 Å². The molecule has 1 saturated heterocycles. The number of halogens is 1. The number of amides is 1. The molecule has 0 saturated carbocycles. The molecule has 1 aliphatic rings. The normalized spacial score (nSPS) is 17.6. The Morgan fingerprint density at radius 1 is 1.27 bits per heavy atom. The minimum Gasteiger partial charge on any atom is -0.478 e. The fourth-order valence-electron chi connectivity index (χ4n) is 3.41. The van der Waals surface area contributed by atoms with Crippen molar-refractivity contribution >= 4 is 23.6 Å². The zero-order valence-electron chi connectivity index (χ0n) is 16.4. The molecule has 0 radical (unpaired) electrons. The van der Waals surface area contributed by atoms with Gasteiger partial charge in [0.25, 0.3) is 0 Å². The number of carbonyl (C=O) groups excluding carboxylic acids is 1. The summed E-state index contributed by atoms with van der Waals surface area (Å²) in [6, 6.07) is 12.7. The maximum atomic E-state index is 13.0. The topological polar surface area (TPSA) is 77.8 Å². The van der Waals surface area contributed by atoms with Gasteiger partial charge < -0.3 is 15.1 Å². The molecule has 2 N–H and O–H groups in total. The van der Waals surface area contributed by atoms with Crippen LogP contribution < -0.4 is 0 Å². The molecule has 0 aliphatic carbocycles. The molecule has 0 aromatic heterocycles. The van der Waals surface area contributed by atoms with Crippen LogP contribution in [-0.4, -0.2) is 51.4 Å². The highest BCUT2D eigenvalue weighted by atomic mass is 32.2. The van der Waals surface area contributed by atoms with E-state index in [0.717, 1.165) is 10.5 Å². The Labute approximate surface area is 179 Å². The molecule has 1 fully saturated rings. The molecular formula is C23H24FNO4S. The highest BCUT2D eigenvalue weighted by molar-refractivity contribution is 7.99. The van der Waals surface area contributed by atoms with E-state index in [0.29, 0.717) is 31.6 Å². The molecule has 2 aromatic carbocycles. The lowest BCUT2D eigenvalue weighted by molar-refractivity contribution is -0.128. The van der Waals surface area contributed by atoms with Gasteiger partial charge in [0.15, 0.2) is 0 Å². The lowest BCUT2D eigenvalue weighted by Gasteiger charge is -2.22. The van der Waals surface area contributed by atoms with E-state index in [1.165, 1.54) is 23.9 Å². The van der Waals surface area contributed by atoms with E-state index in [2.05, 4.69) is 0 Å². The van der Waals surface area contributed by atoms with Crippen LogP contribution in [0.2, 0.25) is 0 Å². The van der Waals surface area contributed by atoms with Crippen LogP contribution in [0.4, 0.5) is 4.39 Å². The van der Waals surface area contributed by atoms with Gasteiger partial charge in [-0.05, 0) is 42.3 Å². The smallest absolute Gasteiger partial charge is 0.335 e. The summed E-state index contributed by atoms with van der Waals surface area (Å²) in [5.41, 5.74) is 1.08. The van der Waals surface area contributed by atoms with E-state index in [1.807, 2.05) is 12.1 Å². The highest BCUT2D eigenvalue weighted by Gasteiger charge is 2.28. The van der Waals surface area contributed by atoms with Crippen LogP contribution in [0.15, 0.2) is 65.6 Å². The lowest BCUT2D eigenvalue weighted by atomic mass is 10.1. The average molecular weight is 430 g/mol. The predicted molar refractivity (Wildman–Crippen MR) is 114 cm³/mol. The van der Waals surface area contributed by atoms with Gasteiger partial charge in [0, 0.05) is 30.0 Å². The molecule has 0 unspecified atom stereocenters. The van der Waals surface area contributed by atoms with Crippen molar-refractivity contribution in [1.82, 2.24) is 4.90 Å². The molecule has 1 aliphatic heterocycles. The van der Waals surface area contributed by atoms with Crippen molar-refractivity contribution in [3.8, 4) is 0 Å². The minimum absolute atomic E-state index is 0.0636. The second-order valence-electron chi connectivity index (χ2n) is 7.16. The number of benzene rings is 2. The van der Waals surface area contributed by atoms with Gasteiger partial charge in [0.05, 0.1) is 17.7 Å². The van der Waals surface area contributed by atoms with Crippen LogP contribution in [0.5, 0.6) is 0 Å². The second-order valence-corrected chi connectivity index (χ2v) is 8.33. The number of hydrogen-bond acceptors (Lipinski definition) is 4. The van der Waals surface area contributed by atoms with Crippen molar-refractivity contribution in [2.45, 2.75) is 36.3 Å². The van der Waals surface area contributed by atoms with Gasteiger partial charge in [-0.1, -0.05) is 30.4 Å². The van der Waals surface area contributed by atoms with Gasteiger partial charge in [-0.3, -0.25) is 4.79 Å². The van der Waals surface area contributed by atoms with Gasteiger partial charge in [0.2, 0.25) is 5.91 Å². The summed E-state index contributed by atoms with van der Waals surface area (Å²) in [6.07, 6.45) is 4.42. The van der Waals surface area contributed by atoms with Gasteiger partial charge in [0.1, 0.15) is 5.82 Å². The molecule has 1 amide bonds. The van der Waals surface area contributed by atoms with Crippen LogP contribution in [0.25, 0.3) is 0 Å². The summed E-state index contributed by atoms with van der Waals surface area (Å²) in [7, 11) is 0. The van der Waals surface area contributed by atoms with Crippen molar-refractivity contribution in [2.24, 2.45) is 0 Å². The van der Waals surface area contributed by atoms with E-state index in [4.69, 9.17) is 5.11 Å². The van der Waals surface area contributed by atoms with Crippen LogP contribution in [0, 0.1) is 5.82 Å². The zero-order valence-corrected chi connectivity index (χ0v) is 17.2. The zero-order chi connectivity index (χ0) is 21.5. The van der Waals surface area contributed by atoms with Crippen LogP contribution in [0.1, 0.15) is 28.8 Å². The number of aliphatic hydroxyl groups excluding tert-OH is 1. The molecule has 0 bridgehead atoms. The number of likely N-dealkylation sites (tertiary alicyclic amines) is 1. The summed E-state index contributed by atoms with van der Waals surface area (Å²) in [4.78, 5) is 26.0. The average Bonchev–Trinajstić information content (AvgIpc) is 3.08. The Kier molecular flexibility index (Phi) is 7.65. The molecule has 3 rings (SSSR count). The number of nitrogens with zero attached hydrogens (tertiary/aromatic N) is 1. The first-order valence-electron chi connectivity index (χ1n) is 9.79. The number of carboxylic acids is 1. The lowest BCUT2D eigenvalue weighted by Crippen LogP contribution is -2.33. The SMILES string of the molecule is O=C(O)c1cccc(SCCN2C(=O)CC[C@@H]2/C=C/[C@@H](O)Cc2ccc(F)cc2)c1. The fourth-order valence-corrected chi connectivity index (χ4v) is 4.32. The third kappa shape index (κ3) is 6.18.